The lowest BCUT2D eigenvalue weighted by atomic mass is 9.97. The molecular weight excluding hydrogens is 198 g/mol. The van der Waals surface area contributed by atoms with Crippen LogP contribution >= 0.6 is 0 Å². The number of hydrogen-bond donors (Lipinski definition) is 2. The minimum absolute atomic E-state index is 0.204. The largest absolute Gasteiger partial charge is 0.480 e. The van der Waals surface area contributed by atoms with Crippen molar-refractivity contribution in [1.29, 1.82) is 0 Å². The fourth-order valence-electron chi connectivity index (χ4n) is 0.842. The molecule has 1 atom stereocenters. The molecule has 6 nitrogen and oxygen atoms in total. The van der Waals surface area contributed by atoms with E-state index < -0.39 is 12.0 Å². The molecular formula is C9H15N3O3. The fourth-order valence-corrected chi connectivity index (χ4v) is 0.842. The van der Waals surface area contributed by atoms with Gasteiger partial charge in [0.05, 0.1) is 0 Å². The smallest absolute Gasteiger partial charge is 0.325 e. The highest BCUT2D eigenvalue weighted by atomic mass is 16.5. The van der Waals surface area contributed by atoms with E-state index in [1.165, 1.54) is 6.92 Å². The molecule has 0 bridgehead atoms. The third kappa shape index (κ3) is 2.93. The lowest BCUT2D eigenvalue weighted by Crippen LogP contribution is -2.26. The van der Waals surface area contributed by atoms with Gasteiger partial charge in [0, 0.05) is 5.41 Å². The first-order valence-corrected chi connectivity index (χ1v) is 4.64. The van der Waals surface area contributed by atoms with Crippen LogP contribution in [0.3, 0.4) is 0 Å². The number of hydrogen-bond acceptors (Lipinski definition) is 5. The highest BCUT2D eigenvalue weighted by Gasteiger charge is 2.22. The Balaban J connectivity index is 2.73. The highest BCUT2D eigenvalue weighted by molar-refractivity contribution is 5.75. The van der Waals surface area contributed by atoms with Gasteiger partial charge >= 0.3 is 5.97 Å². The summed E-state index contributed by atoms with van der Waals surface area (Å²) in [5.74, 6) is -0.283. The quantitative estimate of drug-likeness (QED) is 0.785. The Kier molecular flexibility index (Phi) is 2.97. The number of carboxylic acid groups (broad SMARTS) is 1. The molecule has 0 aliphatic carbocycles. The van der Waals surface area contributed by atoms with E-state index in [4.69, 9.17) is 9.63 Å². The van der Waals surface area contributed by atoms with Crippen molar-refractivity contribution in [3.8, 4) is 0 Å². The molecule has 15 heavy (non-hydrogen) atoms. The van der Waals surface area contributed by atoms with Gasteiger partial charge in [-0.1, -0.05) is 20.8 Å². The molecule has 1 unspecified atom stereocenters. The first-order chi connectivity index (χ1) is 6.80. The molecule has 0 amide bonds. The van der Waals surface area contributed by atoms with E-state index in [0.29, 0.717) is 5.89 Å². The average molecular weight is 213 g/mol. The summed E-state index contributed by atoms with van der Waals surface area (Å²) in [5, 5.41) is 14.9. The van der Waals surface area contributed by atoms with Crippen LogP contribution in [0.25, 0.3) is 0 Å². The normalized spacial score (nSPS) is 13.6. The molecule has 1 aromatic heterocycles. The lowest BCUT2D eigenvalue weighted by molar-refractivity contribution is -0.137. The standard InChI is InChI=1S/C9H15N3O3/c1-5(6(13)14)10-8-11-7(15-12-8)9(2,3)4/h5H,1-4H3,(H,10,12)(H,13,14). The van der Waals surface area contributed by atoms with E-state index in [1.807, 2.05) is 20.8 Å². The monoisotopic (exact) mass is 213 g/mol. The molecule has 1 aromatic rings. The van der Waals surface area contributed by atoms with Crippen LogP contribution in [0.4, 0.5) is 5.95 Å². The Bertz CT molecular complexity index is 354. The zero-order chi connectivity index (χ0) is 11.6. The molecule has 1 rings (SSSR count). The maximum absolute atomic E-state index is 10.6. The van der Waals surface area contributed by atoms with Gasteiger partial charge in [-0.25, -0.2) is 0 Å². The minimum Gasteiger partial charge on any atom is -0.480 e. The van der Waals surface area contributed by atoms with Gasteiger partial charge in [0.15, 0.2) is 0 Å². The second-order valence-electron chi connectivity index (χ2n) is 4.38. The summed E-state index contributed by atoms with van der Waals surface area (Å²) in [7, 11) is 0. The van der Waals surface area contributed by atoms with Crippen LogP contribution in [-0.4, -0.2) is 27.3 Å². The van der Waals surface area contributed by atoms with Gasteiger partial charge < -0.3 is 14.9 Å². The Labute approximate surface area is 87.7 Å². The molecule has 84 valence electrons. The molecule has 2 N–H and O–H groups in total. The van der Waals surface area contributed by atoms with Crippen molar-refractivity contribution in [1.82, 2.24) is 10.1 Å². The molecule has 0 aliphatic heterocycles. The Hall–Kier alpha value is -1.59. The van der Waals surface area contributed by atoms with E-state index in [1.54, 1.807) is 0 Å². The number of aliphatic carboxylic acids is 1. The number of rotatable bonds is 3. The summed E-state index contributed by atoms with van der Waals surface area (Å²) in [4.78, 5) is 14.6. The predicted molar refractivity (Wildman–Crippen MR) is 53.7 cm³/mol. The van der Waals surface area contributed by atoms with Gasteiger partial charge in [0.25, 0.3) is 5.95 Å². The molecule has 0 spiro atoms. The number of carboxylic acids is 1. The summed E-state index contributed by atoms with van der Waals surface area (Å²) in [6.45, 7) is 7.32. The third-order valence-electron chi connectivity index (χ3n) is 1.78. The van der Waals surface area contributed by atoms with Gasteiger partial charge in [-0.15, -0.1) is 0 Å². The lowest BCUT2D eigenvalue weighted by Gasteiger charge is -2.10. The van der Waals surface area contributed by atoms with Gasteiger partial charge in [-0.3, -0.25) is 4.79 Å². The minimum atomic E-state index is -0.961. The van der Waals surface area contributed by atoms with Crippen molar-refractivity contribution < 1.29 is 14.4 Å². The van der Waals surface area contributed by atoms with Crippen LogP contribution in [0, 0.1) is 0 Å². The summed E-state index contributed by atoms with van der Waals surface area (Å²) in [5.41, 5.74) is -0.237. The van der Waals surface area contributed by atoms with E-state index in [2.05, 4.69) is 15.5 Å². The number of anilines is 1. The first-order valence-electron chi connectivity index (χ1n) is 4.64. The molecule has 1 heterocycles. The molecule has 0 saturated heterocycles. The zero-order valence-electron chi connectivity index (χ0n) is 9.24. The first kappa shape index (κ1) is 11.5. The SMILES string of the molecule is CC(Nc1noc(C(C)(C)C)n1)C(=O)O. The van der Waals surface area contributed by atoms with Crippen LogP contribution in [0.15, 0.2) is 4.52 Å². The van der Waals surface area contributed by atoms with Gasteiger partial charge in [-0.05, 0) is 12.1 Å². The molecule has 0 saturated carbocycles. The topological polar surface area (TPSA) is 88.3 Å². The molecule has 0 fully saturated rings. The Morgan fingerprint density at radius 1 is 1.53 bits per heavy atom. The van der Waals surface area contributed by atoms with Crippen LogP contribution in [0.5, 0.6) is 0 Å². The fraction of sp³-hybridized carbons (Fsp3) is 0.667. The van der Waals surface area contributed by atoms with Gasteiger partial charge in [-0.2, -0.15) is 4.98 Å². The third-order valence-corrected chi connectivity index (χ3v) is 1.78. The van der Waals surface area contributed by atoms with Crippen molar-refractivity contribution in [3.63, 3.8) is 0 Å². The Morgan fingerprint density at radius 3 is 2.53 bits per heavy atom. The Morgan fingerprint density at radius 2 is 2.13 bits per heavy atom. The summed E-state index contributed by atoms with van der Waals surface area (Å²) in [6, 6.07) is -0.740. The summed E-state index contributed by atoms with van der Waals surface area (Å²) >= 11 is 0. The summed E-state index contributed by atoms with van der Waals surface area (Å²) in [6.07, 6.45) is 0. The molecule has 0 aliphatic rings. The molecule has 0 radical (unpaired) electrons. The maximum atomic E-state index is 10.6. The van der Waals surface area contributed by atoms with E-state index in [9.17, 15) is 4.79 Å². The summed E-state index contributed by atoms with van der Waals surface area (Å²) < 4.78 is 4.99. The van der Waals surface area contributed by atoms with Crippen molar-refractivity contribution >= 4 is 11.9 Å². The predicted octanol–water partition coefficient (Wildman–Crippen LogP) is 1.25. The van der Waals surface area contributed by atoms with Crippen molar-refractivity contribution in [3.05, 3.63) is 5.89 Å². The van der Waals surface area contributed by atoms with Gasteiger partial charge in [0.2, 0.25) is 5.89 Å². The second-order valence-corrected chi connectivity index (χ2v) is 4.38. The van der Waals surface area contributed by atoms with E-state index in [0.717, 1.165) is 0 Å². The van der Waals surface area contributed by atoms with Crippen molar-refractivity contribution in [2.45, 2.75) is 39.2 Å². The number of carbonyl (C=O) groups is 1. The van der Waals surface area contributed by atoms with Crippen LogP contribution < -0.4 is 5.32 Å². The van der Waals surface area contributed by atoms with Crippen LogP contribution in [0.2, 0.25) is 0 Å². The van der Waals surface area contributed by atoms with Crippen LogP contribution in [-0.2, 0) is 10.2 Å². The van der Waals surface area contributed by atoms with Crippen molar-refractivity contribution in [2.24, 2.45) is 0 Å². The number of nitrogens with zero attached hydrogens (tertiary/aromatic N) is 2. The molecule has 6 heteroatoms. The van der Waals surface area contributed by atoms with Crippen molar-refractivity contribution in [2.75, 3.05) is 5.32 Å². The highest BCUT2D eigenvalue weighted by Crippen LogP contribution is 2.20. The van der Waals surface area contributed by atoms with Gasteiger partial charge in [0.1, 0.15) is 6.04 Å². The van der Waals surface area contributed by atoms with E-state index >= 15 is 0 Å². The number of nitrogens with one attached hydrogen (secondary N) is 1. The van der Waals surface area contributed by atoms with E-state index in [-0.39, 0.29) is 11.4 Å². The zero-order valence-corrected chi connectivity index (χ0v) is 9.24. The average Bonchev–Trinajstić information content (AvgIpc) is 2.51. The second kappa shape index (κ2) is 3.88. The molecule has 0 aromatic carbocycles. The number of aromatic nitrogens is 2. The maximum Gasteiger partial charge on any atom is 0.325 e. The van der Waals surface area contributed by atoms with Crippen LogP contribution in [0.1, 0.15) is 33.6 Å².